The minimum Gasteiger partial charge on any atom is -0.392 e. The standard InChI is InChI=1S/C11H12N2O2/c1-2-13-10-5-8(7-14)6-12-9(10)3-4-11(13)15/h3-6,14H,2,7H2,1H3. The van der Waals surface area contributed by atoms with Gasteiger partial charge in [-0.2, -0.15) is 0 Å². The zero-order valence-corrected chi connectivity index (χ0v) is 8.47. The molecular formula is C11H12N2O2. The Balaban J connectivity index is 2.82. The molecule has 0 fully saturated rings. The number of pyridine rings is 2. The van der Waals surface area contributed by atoms with E-state index in [-0.39, 0.29) is 12.2 Å². The maximum atomic E-state index is 11.5. The average molecular weight is 204 g/mol. The molecule has 0 saturated heterocycles. The second-order valence-electron chi connectivity index (χ2n) is 3.32. The van der Waals surface area contributed by atoms with Gasteiger partial charge in [0.25, 0.3) is 5.56 Å². The zero-order chi connectivity index (χ0) is 10.8. The van der Waals surface area contributed by atoms with Crippen molar-refractivity contribution in [1.82, 2.24) is 9.55 Å². The number of aliphatic hydroxyl groups is 1. The van der Waals surface area contributed by atoms with Crippen molar-refractivity contribution in [1.29, 1.82) is 0 Å². The first kappa shape index (κ1) is 9.86. The molecule has 0 amide bonds. The highest BCUT2D eigenvalue weighted by Crippen LogP contribution is 2.11. The molecule has 2 aromatic rings. The molecule has 0 spiro atoms. The molecule has 4 nitrogen and oxygen atoms in total. The van der Waals surface area contributed by atoms with Crippen LogP contribution in [0.1, 0.15) is 12.5 Å². The molecule has 0 atom stereocenters. The quantitative estimate of drug-likeness (QED) is 0.791. The molecule has 0 aliphatic carbocycles. The molecule has 2 heterocycles. The van der Waals surface area contributed by atoms with Crippen LogP contribution in [0.5, 0.6) is 0 Å². The van der Waals surface area contributed by atoms with Crippen molar-refractivity contribution in [3.8, 4) is 0 Å². The normalized spacial score (nSPS) is 10.8. The van der Waals surface area contributed by atoms with Gasteiger partial charge in [-0.25, -0.2) is 0 Å². The maximum Gasteiger partial charge on any atom is 0.251 e. The summed E-state index contributed by atoms with van der Waals surface area (Å²) in [6.45, 7) is 2.45. The largest absolute Gasteiger partial charge is 0.392 e. The van der Waals surface area contributed by atoms with Crippen LogP contribution in [0.2, 0.25) is 0 Å². The Labute approximate surface area is 86.8 Å². The van der Waals surface area contributed by atoms with Gasteiger partial charge in [0, 0.05) is 18.8 Å². The first-order valence-corrected chi connectivity index (χ1v) is 4.85. The van der Waals surface area contributed by atoms with Gasteiger partial charge in [-0.1, -0.05) is 0 Å². The molecule has 2 rings (SSSR count). The minimum atomic E-state index is -0.0598. The number of fused-ring (bicyclic) bond motifs is 1. The SMILES string of the molecule is CCn1c(=O)ccc2ncc(CO)cc21. The summed E-state index contributed by atoms with van der Waals surface area (Å²) in [5, 5.41) is 9.00. The van der Waals surface area contributed by atoms with Crippen molar-refractivity contribution in [2.45, 2.75) is 20.1 Å². The van der Waals surface area contributed by atoms with Gasteiger partial charge in [-0.15, -0.1) is 0 Å². The zero-order valence-electron chi connectivity index (χ0n) is 8.47. The summed E-state index contributed by atoms with van der Waals surface area (Å²) < 4.78 is 1.64. The summed E-state index contributed by atoms with van der Waals surface area (Å²) >= 11 is 0. The topological polar surface area (TPSA) is 55.1 Å². The number of aryl methyl sites for hydroxylation is 1. The van der Waals surface area contributed by atoms with E-state index in [9.17, 15) is 4.79 Å². The van der Waals surface area contributed by atoms with Gasteiger partial charge in [0.15, 0.2) is 0 Å². The average Bonchev–Trinajstić information content (AvgIpc) is 2.28. The predicted molar refractivity (Wildman–Crippen MR) is 57.6 cm³/mol. The van der Waals surface area contributed by atoms with Gasteiger partial charge in [0.2, 0.25) is 0 Å². The number of hydrogen-bond acceptors (Lipinski definition) is 3. The Kier molecular flexibility index (Phi) is 2.51. The van der Waals surface area contributed by atoms with Crippen LogP contribution in [0.15, 0.2) is 29.2 Å². The van der Waals surface area contributed by atoms with Crippen molar-refractivity contribution in [2.75, 3.05) is 0 Å². The highest BCUT2D eigenvalue weighted by atomic mass is 16.3. The fourth-order valence-electron chi connectivity index (χ4n) is 1.62. The van der Waals surface area contributed by atoms with Crippen molar-refractivity contribution in [3.05, 3.63) is 40.3 Å². The first-order chi connectivity index (χ1) is 7.26. The van der Waals surface area contributed by atoms with Crippen molar-refractivity contribution in [2.24, 2.45) is 0 Å². The van der Waals surface area contributed by atoms with Gasteiger partial charge in [-0.05, 0) is 24.6 Å². The Hall–Kier alpha value is -1.68. The molecule has 0 saturated carbocycles. The Morgan fingerprint density at radius 1 is 1.47 bits per heavy atom. The van der Waals surface area contributed by atoms with Crippen LogP contribution in [-0.4, -0.2) is 14.7 Å². The monoisotopic (exact) mass is 204 g/mol. The van der Waals surface area contributed by atoms with E-state index in [0.717, 1.165) is 16.6 Å². The second kappa shape index (κ2) is 3.82. The fraction of sp³-hybridized carbons (Fsp3) is 0.273. The number of aliphatic hydroxyl groups excluding tert-OH is 1. The van der Waals surface area contributed by atoms with E-state index in [1.165, 1.54) is 6.07 Å². The van der Waals surface area contributed by atoms with E-state index in [2.05, 4.69) is 4.98 Å². The third-order valence-corrected chi connectivity index (χ3v) is 2.39. The molecule has 0 unspecified atom stereocenters. The van der Waals surface area contributed by atoms with Crippen LogP contribution in [0.3, 0.4) is 0 Å². The summed E-state index contributed by atoms with van der Waals surface area (Å²) in [6, 6.07) is 5.01. The highest BCUT2D eigenvalue weighted by Gasteiger charge is 2.03. The molecule has 0 aliphatic heterocycles. The molecule has 78 valence electrons. The number of nitrogens with zero attached hydrogens (tertiary/aromatic N) is 2. The van der Waals surface area contributed by atoms with Crippen LogP contribution < -0.4 is 5.56 Å². The number of hydrogen-bond donors (Lipinski definition) is 1. The van der Waals surface area contributed by atoms with Crippen LogP contribution in [0.4, 0.5) is 0 Å². The lowest BCUT2D eigenvalue weighted by Gasteiger charge is -2.07. The van der Waals surface area contributed by atoms with Crippen LogP contribution in [-0.2, 0) is 13.2 Å². The summed E-state index contributed by atoms with van der Waals surface area (Å²) in [6.07, 6.45) is 1.62. The van der Waals surface area contributed by atoms with Gasteiger partial charge in [0.05, 0.1) is 17.6 Å². The second-order valence-corrected chi connectivity index (χ2v) is 3.32. The van der Waals surface area contributed by atoms with E-state index in [0.29, 0.717) is 6.54 Å². The third-order valence-electron chi connectivity index (χ3n) is 2.39. The first-order valence-electron chi connectivity index (χ1n) is 4.85. The van der Waals surface area contributed by atoms with Crippen LogP contribution >= 0.6 is 0 Å². The minimum absolute atomic E-state index is 0.0399. The molecule has 1 N–H and O–H groups in total. The van der Waals surface area contributed by atoms with Crippen molar-refractivity contribution in [3.63, 3.8) is 0 Å². The Morgan fingerprint density at radius 3 is 2.93 bits per heavy atom. The van der Waals surface area contributed by atoms with E-state index >= 15 is 0 Å². The molecule has 0 bridgehead atoms. The van der Waals surface area contributed by atoms with Crippen LogP contribution in [0, 0.1) is 0 Å². The van der Waals surface area contributed by atoms with Gasteiger partial charge < -0.3 is 9.67 Å². The lowest BCUT2D eigenvalue weighted by atomic mass is 10.2. The number of rotatable bonds is 2. The fourth-order valence-corrected chi connectivity index (χ4v) is 1.62. The number of aromatic nitrogens is 2. The molecule has 0 radical (unpaired) electrons. The molecule has 15 heavy (non-hydrogen) atoms. The summed E-state index contributed by atoms with van der Waals surface area (Å²) in [5.41, 5.74) is 2.22. The summed E-state index contributed by atoms with van der Waals surface area (Å²) in [4.78, 5) is 15.7. The Morgan fingerprint density at radius 2 is 2.27 bits per heavy atom. The van der Waals surface area contributed by atoms with Gasteiger partial charge >= 0.3 is 0 Å². The van der Waals surface area contributed by atoms with E-state index in [1.807, 2.05) is 6.92 Å². The van der Waals surface area contributed by atoms with E-state index < -0.39 is 0 Å². The summed E-state index contributed by atoms with van der Waals surface area (Å²) in [5.74, 6) is 0. The third kappa shape index (κ3) is 1.64. The highest BCUT2D eigenvalue weighted by molar-refractivity contribution is 5.74. The van der Waals surface area contributed by atoms with Gasteiger partial charge in [-0.3, -0.25) is 9.78 Å². The smallest absolute Gasteiger partial charge is 0.251 e. The van der Waals surface area contributed by atoms with Crippen molar-refractivity contribution >= 4 is 11.0 Å². The molecule has 4 heteroatoms. The molecular weight excluding hydrogens is 192 g/mol. The Bertz CT molecular complexity index is 546. The maximum absolute atomic E-state index is 11.5. The van der Waals surface area contributed by atoms with E-state index in [1.54, 1.807) is 22.9 Å². The van der Waals surface area contributed by atoms with Crippen LogP contribution in [0.25, 0.3) is 11.0 Å². The molecule has 0 aromatic carbocycles. The predicted octanol–water partition coefficient (Wildman–Crippen LogP) is 0.909. The lowest BCUT2D eigenvalue weighted by Crippen LogP contribution is -2.18. The molecule has 2 aromatic heterocycles. The van der Waals surface area contributed by atoms with Gasteiger partial charge in [0.1, 0.15) is 0 Å². The summed E-state index contributed by atoms with van der Waals surface area (Å²) in [7, 11) is 0. The van der Waals surface area contributed by atoms with E-state index in [4.69, 9.17) is 5.11 Å². The van der Waals surface area contributed by atoms with Crippen molar-refractivity contribution < 1.29 is 5.11 Å². The molecule has 0 aliphatic rings. The lowest BCUT2D eigenvalue weighted by molar-refractivity contribution is 0.281.